The number of halogens is 1. The van der Waals surface area contributed by atoms with Crippen molar-refractivity contribution >= 4 is 22.8 Å². The fourth-order valence-electron chi connectivity index (χ4n) is 4.21. The summed E-state index contributed by atoms with van der Waals surface area (Å²) >= 11 is 0. The third-order valence-corrected chi connectivity index (χ3v) is 6.12. The molecule has 0 aliphatic carbocycles. The molecule has 0 saturated carbocycles. The second-order valence-corrected chi connectivity index (χ2v) is 8.79. The third-order valence-electron chi connectivity index (χ3n) is 6.12. The minimum atomic E-state index is -0.293. The molecule has 0 radical (unpaired) electrons. The molecule has 0 unspecified atom stereocenters. The zero-order valence-electron chi connectivity index (χ0n) is 19.5. The van der Waals surface area contributed by atoms with Gasteiger partial charge in [0.1, 0.15) is 17.3 Å². The first kappa shape index (κ1) is 22.5. The van der Waals surface area contributed by atoms with Crippen LogP contribution >= 0.6 is 0 Å². The lowest BCUT2D eigenvalue weighted by Crippen LogP contribution is -2.22. The maximum absolute atomic E-state index is 13.6. The molecule has 0 spiro atoms. The van der Waals surface area contributed by atoms with Gasteiger partial charge in [-0.2, -0.15) is 0 Å². The summed E-state index contributed by atoms with van der Waals surface area (Å²) in [4.78, 5) is 25.1. The maximum Gasteiger partial charge on any atom is 0.228 e. The molecular formula is C29H25FN4O. The zero-order valence-corrected chi connectivity index (χ0v) is 19.5. The van der Waals surface area contributed by atoms with Crippen LogP contribution in [0.1, 0.15) is 18.1 Å². The first-order valence-electron chi connectivity index (χ1n) is 11.5. The van der Waals surface area contributed by atoms with Gasteiger partial charge in [0.2, 0.25) is 5.91 Å². The maximum atomic E-state index is 13.6. The van der Waals surface area contributed by atoms with Gasteiger partial charge in [-0.3, -0.25) is 9.78 Å². The predicted octanol–water partition coefficient (Wildman–Crippen LogP) is 6.56. The van der Waals surface area contributed by atoms with Crippen LogP contribution in [0, 0.1) is 18.7 Å². The molecule has 6 heteroatoms. The third kappa shape index (κ3) is 4.82. The van der Waals surface area contributed by atoms with Gasteiger partial charge in [0, 0.05) is 29.3 Å². The minimum Gasteiger partial charge on any atom is -0.339 e. The zero-order chi connectivity index (χ0) is 24.4. The summed E-state index contributed by atoms with van der Waals surface area (Å²) in [6, 6.07) is 22.2. The number of hydrogen-bond acceptors (Lipinski definition) is 3. The van der Waals surface area contributed by atoms with Gasteiger partial charge < -0.3 is 10.3 Å². The van der Waals surface area contributed by atoms with E-state index in [1.165, 1.54) is 17.7 Å². The molecule has 0 saturated heterocycles. The number of rotatable bonds is 6. The van der Waals surface area contributed by atoms with Crippen LogP contribution in [0.4, 0.5) is 10.2 Å². The molecule has 3 heterocycles. The molecule has 0 bridgehead atoms. The second-order valence-electron chi connectivity index (χ2n) is 8.79. The van der Waals surface area contributed by atoms with Crippen LogP contribution in [0.2, 0.25) is 0 Å². The van der Waals surface area contributed by atoms with Gasteiger partial charge in [0.25, 0.3) is 0 Å². The number of nitrogens with zero attached hydrogens (tertiary/aromatic N) is 2. The summed E-state index contributed by atoms with van der Waals surface area (Å²) in [5.74, 6) is -0.109. The lowest BCUT2D eigenvalue weighted by molar-refractivity contribution is -0.119. The van der Waals surface area contributed by atoms with Gasteiger partial charge in [0.15, 0.2) is 0 Å². The quantitative estimate of drug-likeness (QED) is 0.299. The summed E-state index contributed by atoms with van der Waals surface area (Å²) < 4.78 is 13.6. The highest BCUT2D eigenvalue weighted by atomic mass is 19.1. The van der Waals surface area contributed by atoms with Crippen LogP contribution in [-0.2, 0) is 11.2 Å². The molecule has 1 amide bonds. The van der Waals surface area contributed by atoms with Crippen molar-refractivity contribution in [3.8, 4) is 22.4 Å². The van der Waals surface area contributed by atoms with Crippen LogP contribution in [-0.4, -0.2) is 20.9 Å². The lowest BCUT2D eigenvalue weighted by atomic mass is 9.99. The van der Waals surface area contributed by atoms with Gasteiger partial charge >= 0.3 is 0 Å². The Morgan fingerprint density at radius 2 is 1.66 bits per heavy atom. The molecule has 35 heavy (non-hydrogen) atoms. The predicted molar refractivity (Wildman–Crippen MR) is 137 cm³/mol. The molecule has 5 rings (SSSR count). The number of hydrogen-bond donors (Lipinski definition) is 2. The summed E-state index contributed by atoms with van der Waals surface area (Å²) in [6.45, 7) is 3.96. The molecule has 5 nitrogen and oxygen atoms in total. The van der Waals surface area contributed by atoms with E-state index in [0.29, 0.717) is 17.9 Å². The molecule has 0 fully saturated rings. The molecule has 2 aromatic carbocycles. The molecule has 2 N–H and O–H groups in total. The number of aryl methyl sites for hydroxylation is 1. The smallest absolute Gasteiger partial charge is 0.228 e. The van der Waals surface area contributed by atoms with E-state index in [-0.39, 0.29) is 17.6 Å². The number of pyridine rings is 2. The number of amides is 1. The van der Waals surface area contributed by atoms with E-state index in [9.17, 15) is 9.18 Å². The fourth-order valence-corrected chi connectivity index (χ4v) is 4.21. The van der Waals surface area contributed by atoms with Crippen molar-refractivity contribution in [3.05, 3.63) is 102 Å². The molecular weight excluding hydrogens is 439 g/mol. The van der Waals surface area contributed by atoms with Gasteiger partial charge in [-0.1, -0.05) is 36.8 Å². The van der Waals surface area contributed by atoms with Crippen molar-refractivity contribution in [1.29, 1.82) is 0 Å². The number of aromatic nitrogens is 3. The first-order chi connectivity index (χ1) is 17.0. The number of H-pyrrole nitrogens is 1. The minimum absolute atomic E-state index is 0.0860. The topological polar surface area (TPSA) is 70.7 Å². The summed E-state index contributed by atoms with van der Waals surface area (Å²) in [7, 11) is 0. The number of fused-ring (bicyclic) bond motifs is 1. The van der Waals surface area contributed by atoms with Crippen molar-refractivity contribution in [2.45, 2.75) is 20.3 Å². The van der Waals surface area contributed by atoms with Crippen LogP contribution in [0.3, 0.4) is 0 Å². The Morgan fingerprint density at radius 3 is 2.37 bits per heavy atom. The molecule has 0 aliphatic heterocycles. The monoisotopic (exact) mass is 464 g/mol. The van der Waals surface area contributed by atoms with E-state index >= 15 is 0 Å². The SMILES string of the molecule is Cc1ccc(C[C@H](C)C(=O)Nc2ccc3c(-c4ccncc4)c(-c4ccc(F)cc4)[nH]c3n2)cc1. The Hall–Kier alpha value is -4.32. The normalized spacial score (nSPS) is 12.0. The van der Waals surface area contributed by atoms with Gasteiger partial charge in [0.05, 0.1) is 5.69 Å². The summed E-state index contributed by atoms with van der Waals surface area (Å²) in [5.41, 5.74) is 6.55. The molecule has 0 aliphatic rings. The van der Waals surface area contributed by atoms with Crippen LogP contribution < -0.4 is 5.32 Å². The van der Waals surface area contributed by atoms with Gasteiger partial charge in [-0.25, -0.2) is 9.37 Å². The number of nitrogens with one attached hydrogen (secondary N) is 2. The second kappa shape index (κ2) is 9.50. The van der Waals surface area contributed by atoms with Crippen molar-refractivity contribution in [2.75, 3.05) is 5.32 Å². The Kier molecular flexibility index (Phi) is 6.10. The molecule has 3 aromatic heterocycles. The van der Waals surface area contributed by atoms with E-state index < -0.39 is 0 Å². The summed E-state index contributed by atoms with van der Waals surface area (Å²) in [6.07, 6.45) is 4.12. The Balaban J connectivity index is 1.46. The van der Waals surface area contributed by atoms with Crippen molar-refractivity contribution in [3.63, 3.8) is 0 Å². The van der Waals surface area contributed by atoms with Crippen LogP contribution in [0.5, 0.6) is 0 Å². The summed E-state index contributed by atoms with van der Waals surface area (Å²) in [5, 5.41) is 3.86. The first-order valence-corrected chi connectivity index (χ1v) is 11.5. The van der Waals surface area contributed by atoms with Crippen LogP contribution in [0.15, 0.2) is 85.2 Å². The average molecular weight is 465 g/mol. The molecule has 5 aromatic rings. The Morgan fingerprint density at radius 1 is 0.943 bits per heavy atom. The Labute approximate surface area is 203 Å². The van der Waals surface area contributed by atoms with E-state index in [4.69, 9.17) is 0 Å². The van der Waals surface area contributed by atoms with Gasteiger partial charge in [-0.15, -0.1) is 0 Å². The van der Waals surface area contributed by atoms with Gasteiger partial charge in [-0.05, 0) is 78.6 Å². The Bertz CT molecular complexity index is 1480. The van der Waals surface area contributed by atoms with E-state index in [2.05, 4.69) is 44.5 Å². The number of benzene rings is 2. The molecule has 174 valence electrons. The van der Waals surface area contributed by atoms with E-state index in [1.807, 2.05) is 38.1 Å². The average Bonchev–Trinajstić information content (AvgIpc) is 3.25. The number of aromatic amines is 1. The van der Waals surface area contributed by atoms with E-state index in [1.54, 1.807) is 24.5 Å². The van der Waals surface area contributed by atoms with E-state index in [0.717, 1.165) is 33.3 Å². The van der Waals surface area contributed by atoms with Crippen molar-refractivity contribution in [1.82, 2.24) is 15.0 Å². The highest BCUT2D eigenvalue weighted by Crippen LogP contribution is 2.38. The van der Waals surface area contributed by atoms with Crippen LogP contribution in [0.25, 0.3) is 33.4 Å². The fraction of sp³-hybridized carbons (Fsp3) is 0.138. The highest BCUT2D eigenvalue weighted by molar-refractivity contribution is 6.03. The molecule has 1 atom stereocenters. The number of carbonyl (C=O) groups excluding carboxylic acids is 1. The number of anilines is 1. The van der Waals surface area contributed by atoms with Crippen molar-refractivity contribution < 1.29 is 9.18 Å². The standard InChI is InChI=1S/C29H25FN4O/c1-18-3-5-20(6-4-18)17-19(2)29(35)33-25-12-11-24-26(21-13-15-31-16-14-21)27(34-28(24)32-25)22-7-9-23(30)10-8-22/h3-16,19H,17H2,1-2H3,(H2,32,33,34,35)/t19-/m0/s1. The van der Waals surface area contributed by atoms with Crippen molar-refractivity contribution in [2.24, 2.45) is 5.92 Å². The number of carbonyl (C=O) groups is 1. The lowest BCUT2D eigenvalue weighted by Gasteiger charge is -2.12. The largest absolute Gasteiger partial charge is 0.339 e. The highest BCUT2D eigenvalue weighted by Gasteiger charge is 2.18.